The minimum Gasteiger partial charge on any atom is -0.326 e. The van der Waals surface area contributed by atoms with Crippen molar-refractivity contribution in [1.29, 1.82) is 0 Å². The SMILES string of the molecule is NCc1ccc(NC(=O)c2ccc3c(c2)CN(C2CCC(=O)NC2=O)C3=O)cc1. The van der Waals surface area contributed by atoms with Crippen molar-refractivity contribution in [2.45, 2.75) is 32.0 Å². The highest BCUT2D eigenvalue weighted by atomic mass is 16.2. The van der Waals surface area contributed by atoms with Gasteiger partial charge in [0, 0.05) is 36.3 Å². The van der Waals surface area contributed by atoms with Crippen molar-refractivity contribution in [2.24, 2.45) is 5.73 Å². The summed E-state index contributed by atoms with van der Waals surface area (Å²) in [7, 11) is 0. The maximum Gasteiger partial charge on any atom is 0.255 e. The molecule has 4 rings (SSSR count). The number of hydrogen-bond donors (Lipinski definition) is 3. The quantitative estimate of drug-likeness (QED) is 0.674. The molecule has 0 spiro atoms. The number of carbonyl (C=O) groups is 4. The van der Waals surface area contributed by atoms with Crippen LogP contribution in [-0.4, -0.2) is 34.6 Å². The third-order valence-corrected chi connectivity index (χ3v) is 5.23. The molecule has 2 aliphatic rings. The van der Waals surface area contributed by atoms with Crippen LogP contribution in [0.2, 0.25) is 0 Å². The molecule has 29 heavy (non-hydrogen) atoms. The third kappa shape index (κ3) is 3.62. The van der Waals surface area contributed by atoms with E-state index in [0.29, 0.717) is 35.3 Å². The molecule has 2 heterocycles. The molecule has 0 aliphatic carbocycles. The number of nitrogens with two attached hydrogens (primary N) is 1. The first-order valence-corrected chi connectivity index (χ1v) is 9.34. The van der Waals surface area contributed by atoms with Gasteiger partial charge in [0.1, 0.15) is 6.04 Å². The summed E-state index contributed by atoms with van der Waals surface area (Å²) < 4.78 is 0. The minimum atomic E-state index is -0.675. The lowest BCUT2D eigenvalue weighted by Gasteiger charge is -2.29. The molecule has 2 aromatic rings. The summed E-state index contributed by atoms with van der Waals surface area (Å²) in [5.41, 5.74) is 8.77. The Kier molecular flexibility index (Phi) is 4.85. The molecule has 2 aliphatic heterocycles. The second-order valence-corrected chi connectivity index (χ2v) is 7.13. The van der Waals surface area contributed by atoms with Gasteiger partial charge in [0.25, 0.3) is 11.8 Å². The molecule has 0 radical (unpaired) electrons. The lowest BCUT2D eigenvalue weighted by molar-refractivity contribution is -0.136. The summed E-state index contributed by atoms with van der Waals surface area (Å²) in [5.74, 6) is -1.34. The maximum absolute atomic E-state index is 12.7. The molecule has 0 aromatic heterocycles. The highest BCUT2D eigenvalue weighted by Gasteiger charge is 2.39. The molecule has 2 aromatic carbocycles. The molecule has 0 bridgehead atoms. The van der Waals surface area contributed by atoms with Gasteiger partial charge in [-0.1, -0.05) is 12.1 Å². The van der Waals surface area contributed by atoms with Gasteiger partial charge in [0.15, 0.2) is 0 Å². The molecular weight excluding hydrogens is 372 g/mol. The first kappa shape index (κ1) is 18.8. The Labute approximate surface area is 167 Å². The molecule has 8 heteroatoms. The Morgan fingerprint density at radius 1 is 1.14 bits per heavy atom. The van der Waals surface area contributed by atoms with Crippen LogP contribution >= 0.6 is 0 Å². The Morgan fingerprint density at radius 3 is 2.59 bits per heavy atom. The molecule has 1 fully saturated rings. The number of nitrogens with zero attached hydrogens (tertiary/aromatic N) is 1. The zero-order chi connectivity index (χ0) is 20.5. The predicted octanol–water partition coefficient (Wildman–Crippen LogP) is 1.16. The zero-order valence-corrected chi connectivity index (χ0v) is 15.6. The first-order valence-electron chi connectivity index (χ1n) is 9.34. The smallest absolute Gasteiger partial charge is 0.255 e. The summed E-state index contributed by atoms with van der Waals surface area (Å²) in [4.78, 5) is 50.2. The molecule has 4 amide bonds. The van der Waals surface area contributed by atoms with Gasteiger partial charge in [-0.15, -0.1) is 0 Å². The van der Waals surface area contributed by atoms with E-state index in [1.807, 2.05) is 12.1 Å². The largest absolute Gasteiger partial charge is 0.326 e. The van der Waals surface area contributed by atoms with E-state index in [4.69, 9.17) is 5.73 Å². The van der Waals surface area contributed by atoms with E-state index >= 15 is 0 Å². The van der Waals surface area contributed by atoms with Crippen molar-refractivity contribution in [3.8, 4) is 0 Å². The summed E-state index contributed by atoms with van der Waals surface area (Å²) >= 11 is 0. The van der Waals surface area contributed by atoms with E-state index < -0.39 is 11.9 Å². The van der Waals surface area contributed by atoms with E-state index in [1.54, 1.807) is 30.3 Å². The van der Waals surface area contributed by atoms with Crippen molar-refractivity contribution in [2.75, 3.05) is 5.32 Å². The van der Waals surface area contributed by atoms with E-state index in [2.05, 4.69) is 10.6 Å². The van der Waals surface area contributed by atoms with Crippen LogP contribution < -0.4 is 16.4 Å². The molecule has 4 N–H and O–H groups in total. The van der Waals surface area contributed by atoms with E-state index in [-0.39, 0.29) is 30.7 Å². The Balaban J connectivity index is 1.50. The standard InChI is InChI=1S/C21H20N4O4/c22-10-12-1-4-15(5-2-12)23-19(27)13-3-6-16-14(9-13)11-25(21(16)29)17-7-8-18(26)24-20(17)28/h1-6,9,17H,7-8,10-11,22H2,(H,23,27)(H,24,26,28). The van der Waals surface area contributed by atoms with E-state index in [0.717, 1.165) is 5.56 Å². The molecule has 8 nitrogen and oxygen atoms in total. The minimum absolute atomic E-state index is 0.202. The van der Waals surface area contributed by atoms with Gasteiger partial charge in [0.05, 0.1) is 0 Å². The average Bonchev–Trinajstić information content (AvgIpc) is 3.04. The van der Waals surface area contributed by atoms with Crippen LogP contribution in [0.15, 0.2) is 42.5 Å². The van der Waals surface area contributed by atoms with Crippen LogP contribution in [0, 0.1) is 0 Å². The van der Waals surface area contributed by atoms with Crippen LogP contribution in [-0.2, 0) is 22.7 Å². The lowest BCUT2D eigenvalue weighted by atomic mass is 10.0. The summed E-state index contributed by atoms with van der Waals surface area (Å²) in [6.07, 6.45) is 0.504. The van der Waals surface area contributed by atoms with Crippen LogP contribution in [0.4, 0.5) is 5.69 Å². The fourth-order valence-corrected chi connectivity index (χ4v) is 3.64. The summed E-state index contributed by atoms with van der Waals surface area (Å²) in [5, 5.41) is 5.09. The Hall–Kier alpha value is -3.52. The fraction of sp³-hybridized carbons (Fsp3) is 0.238. The molecule has 0 saturated carbocycles. The monoisotopic (exact) mass is 392 g/mol. The van der Waals surface area contributed by atoms with Gasteiger partial charge in [-0.3, -0.25) is 24.5 Å². The number of carbonyl (C=O) groups excluding carboxylic acids is 4. The number of nitrogens with one attached hydrogen (secondary N) is 2. The molecule has 148 valence electrons. The summed E-state index contributed by atoms with van der Waals surface area (Å²) in [6, 6.07) is 11.4. The van der Waals surface area contributed by atoms with Gasteiger partial charge in [-0.05, 0) is 47.9 Å². The lowest BCUT2D eigenvalue weighted by Crippen LogP contribution is -2.52. The van der Waals surface area contributed by atoms with E-state index in [9.17, 15) is 19.2 Å². The third-order valence-electron chi connectivity index (χ3n) is 5.23. The van der Waals surface area contributed by atoms with Crippen molar-refractivity contribution < 1.29 is 19.2 Å². The van der Waals surface area contributed by atoms with Crippen molar-refractivity contribution in [1.82, 2.24) is 10.2 Å². The predicted molar refractivity (Wildman–Crippen MR) is 105 cm³/mol. The highest BCUT2D eigenvalue weighted by Crippen LogP contribution is 2.28. The first-order chi connectivity index (χ1) is 14.0. The molecule has 1 atom stereocenters. The second-order valence-electron chi connectivity index (χ2n) is 7.13. The number of benzene rings is 2. The Bertz CT molecular complexity index is 1020. The van der Waals surface area contributed by atoms with Gasteiger partial charge >= 0.3 is 0 Å². The zero-order valence-electron chi connectivity index (χ0n) is 15.6. The van der Waals surface area contributed by atoms with Gasteiger partial charge in [-0.2, -0.15) is 0 Å². The van der Waals surface area contributed by atoms with Crippen LogP contribution in [0.5, 0.6) is 0 Å². The topological polar surface area (TPSA) is 122 Å². The number of piperidine rings is 1. The molecule has 1 saturated heterocycles. The second kappa shape index (κ2) is 7.48. The number of anilines is 1. The van der Waals surface area contributed by atoms with Crippen molar-refractivity contribution >= 4 is 29.3 Å². The van der Waals surface area contributed by atoms with Crippen LogP contribution in [0.3, 0.4) is 0 Å². The van der Waals surface area contributed by atoms with E-state index in [1.165, 1.54) is 4.90 Å². The number of imide groups is 1. The average molecular weight is 392 g/mol. The fourth-order valence-electron chi connectivity index (χ4n) is 3.64. The normalized spacial score (nSPS) is 18.4. The van der Waals surface area contributed by atoms with Gasteiger partial charge < -0.3 is 16.0 Å². The van der Waals surface area contributed by atoms with Crippen molar-refractivity contribution in [3.05, 3.63) is 64.7 Å². The summed E-state index contributed by atoms with van der Waals surface area (Å²) in [6.45, 7) is 0.656. The number of amides is 4. The maximum atomic E-state index is 12.7. The van der Waals surface area contributed by atoms with Crippen LogP contribution in [0.25, 0.3) is 0 Å². The van der Waals surface area contributed by atoms with Gasteiger partial charge in [-0.25, -0.2) is 0 Å². The van der Waals surface area contributed by atoms with Crippen molar-refractivity contribution in [3.63, 3.8) is 0 Å². The molecule has 1 unspecified atom stereocenters. The highest BCUT2D eigenvalue weighted by molar-refractivity contribution is 6.08. The number of hydrogen-bond acceptors (Lipinski definition) is 5. The molecular formula is C21H20N4O4. The Morgan fingerprint density at radius 2 is 1.90 bits per heavy atom. The number of fused-ring (bicyclic) bond motifs is 1. The van der Waals surface area contributed by atoms with Crippen LogP contribution in [0.1, 0.15) is 44.7 Å². The number of rotatable bonds is 4. The van der Waals surface area contributed by atoms with Gasteiger partial charge in [0.2, 0.25) is 11.8 Å².